The van der Waals surface area contributed by atoms with Gasteiger partial charge in [0, 0.05) is 30.2 Å². The number of fused-ring (bicyclic) bond motifs is 1. The van der Waals surface area contributed by atoms with Crippen LogP contribution in [0.5, 0.6) is 11.5 Å². The number of ether oxygens (including phenoxy) is 2. The zero-order valence-electron chi connectivity index (χ0n) is 15.4. The van der Waals surface area contributed by atoms with Crippen molar-refractivity contribution in [2.24, 2.45) is 4.99 Å². The monoisotopic (exact) mass is 397 g/mol. The molecule has 0 radical (unpaired) electrons. The standard InChI is InChI=1S/C18H21F2N3O3S/c1-4-6-9-22(5-2)16(24)21-17-23(11-12(3)27-17)13-7-8-14-15(10-13)26-18(19,20)25-14/h7-8,10-11H,4-6,9H2,1-3H3/b21-17-. The van der Waals surface area contributed by atoms with E-state index in [1.54, 1.807) is 21.7 Å². The average Bonchev–Trinajstić information content (AvgIpc) is 3.12. The molecule has 3 rings (SSSR count). The van der Waals surface area contributed by atoms with E-state index in [4.69, 9.17) is 0 Å². The van der Waals surface area contributed by atoms with Crippen LogP contribution in [0, 0.1) is 6.92 Å². The van der Waals surface area contributed by atoms with E-state index in [1.807, 2.05) is 13.8 Å². The van der Waals surface area contributed by atoms with E-state index in [-0.39, 0.29) is 17.5 Å². The number of hydrogen-bond donors (Lipinski definition) is 0. The molecule has 2 aromatic rings. The van der Waals surface area contributed by atoms with Crippen molar-refractivity contribution in [3.05, 3.63) is 34.1 Å². The number of unbranched alkanes of at least 4 members (excludes halogenated alkanes) is 1. The highest BCUT2D eigenvalue weighted by atomic mass is 32.1. The Labute approximate surface area is 159 Å². The van der Waals surface area contributed by atoms with Gasteiger partial charge in [-0.15, -0.1) is 20.1 Å². The fraction of sp³-hybridized carbons (Fsp3) is 0.444. The number of carbonyl (C=O) groups excluding carboxylic acids is 1. The number of carbonyl (C=O) groups is 1. The van der Waals surface area contributed by atoms with Crippen LogP contribution in [0.2, 0.25) is 0 Å². The minimum Gasteiger partial charge on any atom is -0.395 e. The lowest BCUT2D eigenvalue weighted by molar-refractivity contribution is -0.286. The Morgan fingerprint density at radius 2 is 2.04 bits per heavy atom. The molecule has 0 unspecified atom stereocenters. The van der Waals surface area contributed by atoms with Crippen molar-refractivity contribution >= 4 is 17.4 Å². The third-order valence-electron chi connectivity index (χ3n) is 4.06. The molecule has 27 heavy (non-hydrogen) atoms. The lowest BCUT2D eigenvalue weighted by atomic mass is 10.3. The molecule has 0 saturated heterocycles. The summed E-state index contributed by atoms with van der Waals surface area (Å²) in [5.74, 6) is -0.0770. The first kappa shape index (κ1) is 19.3. The first-order valence-corrected chi connectivity index (χ1v) is 9.57. The molecule has 0 N–H and O–H groups in total. The summed E-state index contributed by atoms with van der Waals surface area (Å²) >= 11 is 1.35. The van der Waals surface area contributed by atoms with Crippen molar-refractivity contribution in [2.45, 2.75) is 39.9 Å². The Morgan fingerprint density at radius 1 is 1.30 bits per heavy atom. The van der Waals surface area contributed by atoms with Crippen LogP contribution in [-0.2, 0) is 0 Å². The highest BCUT2D eigenvalue weighted by molar-refractivity contribution is 7.09. The zero-order chi connectivity index (χ0) is 19.6. The molecule has 1 aliphatic rings. The molecule has 2 heterocycles. The van der Waals surface area contributed by atoms with Gasteiger partial charge in [0.15, 0.2) is 16.3 Å². The number of thiazole rings is 1. The Hall–Kier alpha value is -2.42. The summed E-state index contributed by atoms with van der Waals surface area (Å²) in [6, 6.07) is 4.17. The maximum Gasteiger partial charge on any atom is 0.586 e. The van der Waals surface area contributed by atoms with E-state index in [9.17, 15) is 13.6 Å². The Balaban J connectivity index is 1.94. The molecular formula is C18H21F2N3O3S. The van der Waals surface area contributed by atoms with E-state index in [2.05, 4.69) is 21.4 Å². The van der Waals surface area contributed by atoms with Gasteiger partial charge in [-0.25, -0.2) is 4.79 Å². The van der Waals surface area contributed by atoms with Crippen LogP contribution in [0.15, 0.2) is 29.4 Å². The smallest absolute Gasteiger partial charge is 0.395 e. The Kier molecular flexibility index (Phi) is 5.50. The number of alkyl halides is 2. The number of nitrogens with zero attached hydrogens (tertiary/aromatic N) is 3. The molecule has 9 heteroatoms. The van der Waals surface area contributed by atoms with E-state index < -0.39 is 6.29 Å². The van der Waals surface area contributed by atoms with Crippen LogP contribution < -0.4 is 14.3 Å². The van der Waals surface area contributed by atoms with Crippen molar-refractivity contribution in [3.8, 4) is 17.2 Å². The number of aromatic nitrogens is 1. The normalized spacial score (nSPS) is 15.2. The SMILES string of the molecule is CCCCN(CC)C(=O)/N=c1\sc(C)cn1-c1ccc2c(c1)OC(F)(F)O2. The number of hydrogen-bond acceptors (Lipinski definition) is 4. The van der Waals surface area contributed by atoms with Gasteiger partial charge in [-0.1, -0.05) is 13.3 Å². The fourth-order valence-electron chi connectivity index (χ4n) is 2.70. The predicted molar refractivity (Wildman–Crippen MR) is 97.7 cm³/mol. The highest BCUT2D eigenvalue weighted by Crippen LogP contribution is 2.41. The van der Waals surface area contributed by atoms with Crippen molar-refractivity contribution in [1.29, 1.82) is 0 Å². The number of halogens is 2. The minimum absolute atomic E-state index is 0.0254. The summed E-state index contributed by atoms with van der Waals surface area (Å²) in [6.45, 7) is 7.09. The predicted octanol–water partition coefficient (Wildman–Crippen LogP) is 4.31. The van der Waals surface area contributed by atoms with E-state index in [1.165, 1.54) is 23.5 Å². The van der Waals surface area contributed by atoms with Crippen LogP contribution in [-0.4, -0.2) is 34.9 Å². The molecular weight excluding hydrogens is 376 g/mol. The van der Waals surface area contributed by atoms with Crippen LogP contribution in [0.4, 0.5) is 13.6 Å². The van der Waals surface area contributed by atoms with Crippen molar-refractivity contribution in [3.63, 3.8) is 0 Å². The highest BCUT2D eigenvalue weighted by Gasteiger charge is 2.43. The minimum atomic E-state index is -3.67. The maximum absolute atomic E-state index is 13.2. The second-order valence-corrected chi connectivity index (χ2v) is 7.33. The summed E-state index contributed by atoms with van der Waals surface area (Å²) in [4.78, 5) is 19.9. The van der Waals surface area contributed by atoms with Gasteiger partial charge in [-0.3, -0.25) is 4.57 Å². The number of amides is 2. The van der Waals surface area contributed by atoms with Crippen LogP contribution in [0.25, 0.3) is 5.69 Å². The van der Waals surface area contributed by atoms with Crippen molar-refractivity contribution < 1.29 is 23.0 Å². The van der Waals surface area contributed by atoms with Crippen LogP contribution >= 0.6 is 11.3 Å². The third kappa shape index (κ3) is 4.29. The topological polar surface area (TPSA) is 56.1 Å². The fourth-order valence-corrected chi connectivity index (χ4v) is 3.52. The molecule has 1 aliphatic heterocycles. The molecule has 0 saturated carbocycles. The molecule has 6 nitrogen and oxygen atoms in total. The molecule has 0 fully saturated rings. The second kappa shape index (κ2) is 7.67. The van der Waals surface area contributed by atoms with E-state index in [0.29, 0.717) is 23.6 Å². The molecule has 0 aliphatic carbocycles. The van der Waals surface area contributed by atoms with Gasteiger partial charge in [-0.2, -0.15) is 4.99 Å². The lowest BCUT2D eigenvalue weighted by Crippen LogP contribution is -2.31. The first-order chi connectivity index (χ1) is 12.8. The van der Waals surface area contributed by atoms with Gasteiger partial charge in [0.2, 0.25) is 0 Å². The van der Waals surface area contributed by atoms with Gasteiger partial charge in [0.1, 0.15) is 0 Å². The number of aryl methyl sites for hydroxylation is 1. The lowest BCUT2D eigenvalue weighted by Gasteiger charge is -2.17. The van der Waals surface area contributed by atoms with E-state index in [0.717, 1.165) is 17.7 Å². The summed E-state index contributed by atoms with van der Waals surface area (Å²) in [5, 5.41) is 0. The van der Waals surface area contributed by atoms with Gasteiger partial charge in [0.05, 0.1) is 5.69 Å². The van der Waals surface area contributed by atoms with E-state index >= 15 is 0 Å². The molecule has 0 bridgehead atoms. The maximum atomic E-state index is 13.2. The molecule has 2 amide bonds. The van der Waals surface area contributed by atoms with Gasteiger partial charge in [-0.05, 0) is 32.4 Å². The number of urea groups is 1. The third-order valence-corrected chi connectivity index (χ3v) is 4.96. The molecule has 0 spiro atoms. The Bertz CT molecular complexity index is 907. The largest absolute Gasteiger partial charge is 0.586 e. The molecule has 0 atom stereocenters. The Morgan fingerprint density at radius 3 is 2.74 bits per heavy atom. The second-order valence-electron chi connectivity index (χ2n) is 6.12. The van der Waals surface area contributed by atoms with Crippen molar-refractivity contribution in [1.82, 2.24) is 9.47 Å². The number of benzene rings is 1. The summed E-state index contributed by atoms with van der Waals surface area (Å²) in [5.41, 5.74) is 0.558. The van der Waals surface area contributed by atoms with Crippen LogP contribution in [0.1, 0.15) is 31.6 Å². The molecule has 1 aromatic carbocycles. The van der Waals surface area contributed by atoms with Gasteiger partial charge < -0.3 is 14.4 Å². The summed E-state index contributed by atoms with van der Waals surface area (Å²) in [6.07, 6.45) is 0.0354. The molecule has 1 aromatic heterocycles. The summed E-state index contributed by atoms with van der Waals surface area (Å²) in [7, 11) is 0. The summed E-state index contributed by atoms with van der Waals surface area (Å²) < 4.78 is 37.1. The van der Waals surface area contributed by atoms with Crippen LogP contribution in [0.3, 0.4) is 0 Å². The van der Waals surface area contributed by atoms with Gasteiger partial charge in [0.25, 0.3) is 0 Å². The van der Waals surface area contributed by atoms with Crippen molar-refractivity contribution in [2.75, 3.05) is 13.1 Å². The first-order valence-electron chi connectivity index (χ1n) is 8.76. The number of rotatable bonds is 5. The van der Waals surface area contributed by atoms with Gasteiger partial charge >= 0.3 is 12.3 Å². The molecule has 146 valence electrons. The zero-order valence-corrected chi connectivity index (χ0v) is 16.2. The quantitative estimate of drug-likeness (QED) is 0.755. The average molecular weight is 397 g/mol.